The summed E-state index contributed by atoms with van der Waals surface area (Å²) in [5, 5.41) is 0. The van der Waals surface area contributed by atoms with Crippen LogP contribution in [0, 0.1) is 0 Å². The summed E-state index contributed by atoms with van der Waals surface area (Å²) in [6.45, 7) is 13.5. The fraction of sp³-hybridized carbons (Fsp3) is 0.760. The minimum Gasteiger partial charge on any atom is -0.744 e. The fourth-order valence-corrected chi connectivity index (χ4v) is 9.55. The van der Waals surface area contributed by atoms with Crippen LogP contribution in [0.4, 0.5) is 0 Å². The molecule has 1 rings (SSSR count). The van der Waals surface area contributed by atoms with Gasteiger partial charge in [0.25, 0.3) is 0 Å². The largest absolute Gasteiger partial charge is 0.744 e. The zero-order chi connectivity index (χ0) is 23.0. The van der Waals surface area contributed by atoms with E-state index in [4.69, 9.17) is 0 Å². The first kappa shape index (κ1) is 29.6. The van der Waals surface area contributed by atoms with Gasteiger partial charge in [0, 0.05) is 7.26 Å². The van der Waals surface area contributed by atoms with Gasteiger partial charge in [-0.1, -0.05) is 72.9 Å². The first-order chi connectivity index (χ1) is 14.2. The number of hydrogen-bond acceptors (Lipinski definition) is 3. The summed E-state index contributed by atoms with van der Waals surface area (Å²) >= 11 is 0. The van der Waals surface area contributed by atoms with E-state index in [2.05, 4.69) is 41.5 Å². The highest BCUT2D eigenvalue weighted by molar-refractivity contribution is 7.85. The van der Waals surface area contributed by atoms with Crippen LogP contribution in [-0.4, -0.2) is 37.6 Å². The number of rotatable bonds is 14. The molecule has 0 amide bonds. The molecule has 0 saturated heterocycles. The van der Waals surface area contributed by atoms with Gasteiger partial charge >= 0.3 is 0 Å². The molecule has 0 saturated carbocycles. The van der Waals surface area contributed by atoms with Gasteiger partial charge in [-0.15, -0.1) is 0 Å². The summed E-state index contributed by atoms with van der Waals surface area (Å²) in [4.78, 5) is -0.162. The summed E-state index contributed by atoms with van der Waals surface area (Å²) in [6, 6.07) is 6.12. The zero-order valence-corrected chi connectivity index (χ0v) is 22.2. The molecule has 0 bridgehead atoms. The second-order valence-electron chi connectivity index (χ2n) is 8.63. The molecule has 5 heteroatoms. The Morgan fingerprint density at radius 3 is 1.50 bits per heavy atom. The van der Waals surface area contributed by atoms with E-state index in [1.54, 1.807) is 36.8 Å². The monoisotopic (exact) mass is 458 g/mol. The molecule has 1 atom stereocenters. The van der Waals surface area contributed by atoms with Crippen molar-refractivity contribution < 1.29 is 13.0 Å². The molecule has 30 heavy (non-hydrogen) atoms. The molecule has 176 valence electrons. The summed E-state index contributed by atoms with van der Waals surface area (Å²) < 4.78 is 31.9. The second-order valence-corrected chi connectivity index (χ2v) is 14.5. The average molecular weight is 459 g/mol. The van der Waals surface area contributed by atoms with Crippen LogP contribution in [0.15, 0.2) is 29.2 Å². The molecule has 0 aliphatic heterocycles. The minimum absolute atomic E-state index is 0.162. The first-order valence-corrected chi connectivity index (χ1v) is 16.0. The molecule has 0 spiro atoms. The Bertz CT molecular complexity index is 619. The van der Waals surface area contributed by atoms with Gasteiger partial charge in [0.15, 0.2) is 0 Å². The van der Waals surface area contributed by atoms with E-state index in [-0.39, 0.29) is 4.90 Å². The molecule has 0 heterocycles. The van der Waals surface area contributed by atoms with Gasteiger partial charge in [-0.2, -0.15) is 0 Å². The third-order valence-electron chi connectivity index (χ3n) is 6.01. The third kappa shape index (κ3) is 11.8. The third-order valence-corrected chi connectivity index (χ3v) is 12.0. The van der Waals surface area contributed by atoms with Crippen molar-refractivity contribution in [3.8, 4) is 0 Å². The van der Waals surface area contributed by atoms with E-state index in [0.29, 0.717) is 5.92 Å². The Kier molecular flexibility index (Phi) is 16.0. The molecule has 1 aromatic carbocycles. The van der Waals surface area contributed by atoms with E-state index < -0.39 is 17.4 Å². The van der Waals surface area contributed by atoms with E-state index >= 15 is 0 Å². The fourth-order valence-electron chi connectivity index (χ4n) is 3.82. The van der Waals surface area contributed by atoms with Crippen LogP contribution >= 0.6 is 7.26 Å². The SMILES string of the molecule is CCC(C)c1ccc(S(=O)(=O)[O-])cc1.CCCC[P+](CCC)(CCCC)CCCC. The predicted octanol–water partition coefficient (Wildman–Crippen LogP) is 7.92. The smallest absolute Gasteiger partial charge is 0.124 e. The van der Waals surface area contributed by atoms with Gasteiger partial charge in [-0.3, -0.25) is 0 Å². The van der Waals surface area contributed by atoms with Crippen molar-refractivity contribution >= 4 is 17.4 Å². The van der Waals surface area contributed by atoms with E-state index in [0.717, 1.165) is 12.0 Å². The van der Waals surface area contributed by atoms with Gasteiger partial charge in [0.1, 0.15) is 10.1 Å². The lowest BCUT2D eigenvalue weighted by atomic mass is 9.99. The van der Waals surface area contributed by atoms with Crippen LogP contribution in [0.25, 0.3) is 0 Å². The lowest BCUT2D eigenvalue weighted by molar-refractivity contribution is 0.463. The van der Waals surface area contributed by atoms with Crippen LogP contribution in [0.1, 0.15) is 104 Å². The summed E-state index contributed by atoms with van der Waals surface area (Å²) in [6.07, 6.45) is 17.4. The van der Waals surface area contributed by atoms with Crippen LogP contribution < -0.4 is 0 Å². The van der Waals surface area contributed by atoms with Gasteiger partial charge in [0.05, 0.1) is 29.5 Å². The Morgan fingerprint density at radius 2 is 1.20 bits per heavy atom. The van der Waals surface area contributed by atoms with Gasteiger partial charge < -0.3 is 4.55 Å². The minimum atomic E-state index is -4.30. The van der Waals surface area contributed by atoms with Gasteiger partial charge in [-0.25, -0.2) is 8.42 Å². The summed E-state index contributed by atoms with van der Waals surface area (Å²) in [5.41, 5.74) is 1.06. The Balaban J connectivity index is 0.000000564. The topological polar surface area (TPSA) is 57.2 Å². The molecular weight excluding hydrogens is 411 g/mol. The normalized spacial score (nSPS) is 12.9. The number of unbranched alkanes of at least 4 members (excludes halogenated alkanes) is 3. The number of benzene rings is 1. The number of hydrogen-bond donors (Lipinski definition) is 0. The maximum absolute atomic E-state index is 10.6. The van der Waals surface area contributed by atoms with Crippen molar-refractivity contribution in [2.45, 2.75) is 104 Å². The lowest BCUT2D eigenvalue weighted by Crippen LogP contribution is -2.12. The highest BCUT2D eigenvalue weighted by atomic mass is 32.2. The second kappa shape index (κ2) is 16.2. The van der Waals surface area contributed by atoms with Crippen LogP contribution in [0.2, 0.25) is 0 Å². The van der Waals surface area contributed by atoms with Crippen molar-refractivity contribution in [1.82, 2.24) is 0 Å². The van der Waals surface area contributed by atoms with Crippen LogP contribution in [-0.2, 0) is 10.1 Å². The molecule has 0 fully saturated rings. The molecule has 0 radical (unpaired) electrons. The Morgan fingerprint density at radius 1 is 0.767 bits per heavy atom. The molecule has 1 unspecified atom stereocenters. The molecule has 0 aliphatic rings. The zero-order valence-electron chi connectivity index (χ0n) is 20.5. The van der Waals surface area contributed by atoms with Crippen molar-refractivity contribution in [1.29, 1.82) is 0 Å². The van der Waals surface area contributed by atoms with Crippen LogP contribution in [0.5, 0.6) is 0 Å². The highest BCUT2D eigenvalue weighted by Gasteiger charge is 2.33. The maximum atomic E-state index is 10.6. The first-order valence-electron chi connectivity index (χ1n) is 12.1. The van der Waals surface area contributed by atoms with Gasteiger partial charge in [-0.05, 0) is 55.7 Å². The van der Waals surface area contributed by atoms with Crippen molar-refractivity contribution in [3.05, 3.63) is 29.8 Å². The molecule has 0 aliphatic carbocycles. The average Bonchev–Trinajstić information content (AvgIpc) is 2.74. The Labute approximate surface area is 188 Å². The maximum Gasteiger partial charge on any atom is 0.124 e. The summed E-state index contributed by atoms with van der Waals surface area (Å²) in [7, 11) is -4.85. The van der Waals surface area contributed by atoms with Gasteiger partial charge in [0.2, 0.25) is 0 Å². The molecule has 0 N–H and O–H groups in total. The summed E-state index contributed by atoms with van der Waals surface area (Å²) in [5.74, 6) is 0.387. The Hall–Kier alpha value is -0.440. The van der Waals surface area contributed by atoms with Crippen molar-refractivity contribution in [3.63, 3.8) is 0 Å². The molecule has 3 nitrogen and oxygen atoms in total. The molecular formula is C25H47O3PS. The standard InChI is InChI=1S/C15H34P.C10H14O3S/c1-5-9-13-16(12-8-4,14-10-6-2)15-11-7-3;1-3-8(2)9-4-6-10(7-5-9)14(11,12)13/h5-15H2,1-4H3;4-8H,3H2,1-2H3,(H,11,12,13)/q+1;/p-1. The van der Waals surface area contributed by atoms with E-state index in [1.165, 1.54) is 57.1 Å². The molecule has 1 aromatic rings. The quantitative estimate of drug-likeness (QED) is 0.210. The van der Waals surface area contributed by atoms with Crippen molar-refractivity contribution in [2.75, 3.05) is 24.6 Å². The van der Waals surface area contributed by atoms with E-state index in [1.807, 2.05) is 0 Å². The van der Waals surface area contributed by atoms with Crippen molar-refractivity contribution in [2.24, 2.45) is 0 Å². The predicted molar refractivity (Wildman–Crippen MR) is 135 cm³/mol. The highest BCUT2D eigenvalue weighted by Crippen LogP contribution is 2.61. The van der Waals surface area contributed by atoms with E-state index in [9.17, 15) is 13.0 Å². The lowest BCUT2D eigenvalue weighted by Gasteiger charge is -2.27. The van der Waals surface area contributed by atoms with Crippen LogP contribution in [0.3, 0.4) is 0 Å². The molecule has 0 aromatic heterocycles.